The van der Waals surface area contributed by atoms with E-state index < -0.39 is 6.10 Å². The third-order valence-corrected chi connectivity index (χ3v) is 2.84. The second kappa shape index (κ2) is 5.85. The number of nitrogens with zero attached hydrogens (tertiary/aromatic N) is 3. The van der Waals surface area contributed by atoms with Crippen molar-refractivity contribution in [3.63, 3.8) is 0 Å². The number of phenols is 1. The van der Waals surface area contributed by atoms with Crippen LogP contribution in [0, 0.1) is 4.77 Å². The average molecular weight is 294 g/mol. The lowest BCUT2D eigenvalue weighted by atomic mass is 10.2. The summed E-state index contributed by atoms with van der Waals surface area (Å²) < 4.78 is 6.62. The number of hydrogen-bond acceptors (Lipinski definition) is 6. The first-order valence-electron chi connectivity index (χ1n) is 5.79. The van der Waals surface area contributed by atoms with Crippen molar-refractivity contribution in [1.82, 2.24) is 14.9 Å². The lowest BCUT2D eigenvalue weighted by Crippen LogP contribution is -2.02. The molecule has 0 bridgehead atoms. The number of nitrogens with one attached hydrogen (secondary N) is 1. The molecule has 8 heteroatoms. The molecule has 0 aliphatic rings. The summed E-state index contributed by atoms with van der Waals surface area (Å²) in [5.74, 6) is 0.715. The molecule has 7 nitrogen and oxygen atoms in total. The van der Waals surface area contributed by atoms with Crippen LogP contribution < -0.4 is 4.74 Å². The van der Waals surface area contributed by atoms with Crippen molar-refractivity contribution in [2.45, 2.75) is 13.0 Å². The first kappa shape index (κ1) is 14.2. The molecule has 0 aliphatic heterocycles. The summed E-state index contributed by atoms with van der Waals surface area (Å²) in [7, 11) is 1.47. The Morgan fingerprint density at radius 2 is 2.30 bits per heavy atom. The minimum absolute atomic E-state index is 0.0502. The number of rotatable bonds is 4. The number of aromatic nitrogens is 3. The van der Waals surface area contributed by atoms with Crippen molar-refractivity contribution in [1.29, 1.82) is 0 Å². The van der Waals surface area contributed by atoms with E-state index in [1.807, 2.05) is 0 Å². The Kier molecular flexibility index (Phi) is 4.16. The highest BCUT2D eigenvalue weighted by molar-refractivity contribution is 7.71. The molecule has 0 saturated carbocycles. The lowest BCUT2D eigenvalue weighted by Gasteiger charge is -2.04. The Balaban J connectivity index is 2.35. The maximum atomic E-state index is 9.56. The van der Waals surface area contributed by atoms with E-state index in [-0.39, 0.29) is 10.5 Å². The number of aliphatic hydroxyl groups is 1. The molecule has 0 saturated heterocycles. The Morgan fingerprint density at radius 3 is 2.95 bits per heavy atom. The van der Waals surface area contributed by atoms with Gasteiger partial charge in [0, 0.05) is 0 Å². The van der Waals surface area contributed by atoms with E-state index in [2.05, 4.69) is 15.3 Å². The molecule has 1 unspecified atom stereocenters. The average Bonchev–Trinajstić information content (AvgIpc) is 2.79. The number of methoxy groups -OCH3 is 1. The van der Waals surface area contributed by atoms with Crippen LogP contribution in [0.3, 0.4) is 0 Å². The monoisotopic (exact) mass is 294 g/mol. The number of aromatic hydroxyl groups is 1. The zero-order chi connectivity index (χ0) is 14.7. The van der Waals surface area contributed by atoms with Crippen LogP contribution in [0.25, 0.3) is 0 Å². The van der Waals surface area contributed by atoms with Crippen molar-refractivity contribution < 1.29 is 14.9 Å². The van der Waals surface area contributed by atoms with Gasteiger partial charge in [0.25, 0.3) is 0 Å². The standard InChI is InChI=1S/C12H14N4O3S/c1-7(17)11-14-15-12(20)16(11)13-6-8-3-4-9(18)10(5-8)19-2/h3-7,17-18H,1-2H3,(H,15,20). The summed E-state index contributed by atoms with van der Waals surface area (Å²) in [6.07, 6.45) is 0.730. The molecule has 1 aromatic carbocycles. The molecule has 2 aromatic rings. The molecular weight excluding hydrogens is 280 g/mol. The summed E-state index contributed by atoms with van der Waals surface area (Å²) in [5.41, 5.74) is 0.708. The van der Waals surface area contributed by atoms with Crippen LogP contribution in [0.15, 0.2) is 23.3 Å². The molecule has 0 amide bonds. The number of ether oxygens (including phenoxy) is 1. The molecule has 0 fully saturated rings. The third-order valence-electron chi connectivity index (χ3n) is 2.58. The number of hydrogen-bond donors (Lipinski definition) is 3. The molecule has 20 heavy (non-hydrogen) atoms. The van der Waals surface area contributed by atoms with Gasteiger partial charge in [-0.3, -0.25) is 5.10 Å². The predicted octanol–water partition coefficient (Wildman–Crippen LogP) is 1.59. The fourth-order valence-electron chi connectivity index (χ4n) is 1.58. The highest BCUT2D eigenvalue weighted by Gasteiger charge is 2.10. The van der Waals surface area contributed by atoms with Crippen molar-refractivity contribution in [3.05, 3.63) is 34.4 Å². The van der Waals surface area contributed by atoms with Gasteiger partial charge in [-0.2, -0.15) is 14.9 Å². The predicted molar refractivity (Wildman–Crippen MR) is 75.7 cm³/mol. The maximum Gasteiger partial charge on any atom is 0.216 e. The summed E-state index contributed by atoms with van der Waals surface area (Å²) in [4.78, 5) is 0. The summed E-state index contributed by atoms with van der Waals surface area (Å²) in [6, 6.07) is 4.81. The summed E-state index contributed by atoms with van der Waals surface area (Å²) in [5, 5.41) is 29.7. The fourth-order valence-corrected chi connectivity index (χ4v) is 1.77. The number of aromatic amines is 1. The van der Waals surface area contributed by atoms with E-state index >= 15 is 0 Å². The number of phenolic OH excluding ortho intramolecular Hbond substituents is 1. The molecule has 1 atom stereocenters. The van der Waals surface area contributed by atoms with Crippen molar-refractivity contribution in [3.8, 4) is 11.5 Å². The Morgan fingerprint density at radius 1 is 1.55 bits per heavy atom. The summed E-state index contributed by atoms with van der Waals surface area (Å²) in [6.45, 7) is 1.57. The SMILES string of the molecule is COc1cc(C=Nn2c(C(C)O)n[nH]c2=S)ccc1O. The molecule has 0 spiro atoms. The summed E-state index contributed by atoms with van der Waals surface area (Å²) >= 11 is 5.03. The van der Waals surface area contributed by atoms with E-state index in [0.29, 0.717) is 17.1 Å². The van der Waals surface area contributed by atoms with Gasteiger partial charge in [-0.25, -0.2) is 0 Å². The van der Waals surface area contributed by atoms with Gasteiger partial charge >= 0.3 is 0 Å². The van der Waals surface area contributed by atoms with Crippen molar-refractivity contribution >= 4 is 18.4 Å². The highest BCUT2D eigenvalue weighted by atomic mass is 32.1. The van der Waals surface area contributed by atoms with Gasteiger partial charge in [0.05, 0.1) is 13.3 Å². The van der Waals surface area contributed by atoms with Crippen LogP contribution in [-0.4, -0.2) is 38.4 Å². The second-order valence-corrected chi connectivity index (χ2v) is 4.44. The fraction of sp³-hybridized carbons (Fsp3) is 0.250. The molecule has 106 valence electrons. The minimum Gasteiger partial charge on any atom is -0.504 e. The lowest BCUT2D eigenvalue weighted by molar-refractivity contribution is 0.184. The van der Waals surface area contributed by atoms with Gasteiger partial charge in [0.15, 0.2) is 17.3 Å². The van der Waals surface area contributed by atoms with E-state index in [9.17, 15) is 10.2 Å². The van der Waals surface area contributed by atoms with Gasteiger partial charge < -0.3 is 14.9 Å². The third kappa shape index (κ3) is 2.86. The number of benzene rings is 1. The van der Waals surface area contributed by atoms with Gasteiger partial charge in [-0.15, -0.1) is 0 Å². The zero-order valence-corrected chi connectivity index (χ0v) is 11.8. The number of H-pyrrole nitrogens is 1. The maximum absolute atomic E-state index is 9.56. The largest absolute Gasteiger partial charge is 0.504 e. The topological polar surface area (TPSA) is 95.7 Å². The highest BCUT2D eigenvalue weighted by Crippen LogP contribution is 2.25. The van der Waals surface area contributed by atoms with E-state index in [0.717, 1.165) is 0 Å². The number of aliphatic hydroxyl groups excluding tert-OH is 1. The normalized spacial score (nSPS) is 12.8. The smallest absolute Gasteiger partial charge is 0.216 e. The zero-order valence-electron chi connectivity index (χ0n) is 10.9. The van der Waals surface area contributed by atoms with Gasteiger partial charge in [-0.05, 0) is 42.9 Å². The molecule has 1 heterocycles. The molecule has 0 radical (unpaired) electrons. The van der Waals surface area contributed by atoms with Gasteiger partial charge in [-0.1, -0.05) is 0 Å². The van der Waals surface area contributed by atoms with Gasteiger partial charge in [0.2, 0.25) is 4.77 Å². The molecular formula is C12H14N4O3S. The molecule has 1 aromatic heterocycles. The van der Waals surface area contributed by atoms with E-state index in [4.69, 9.17) is 17.0 Å². The van der Waals surface area contributed by atoms with Gasteiger partial charge in [0.1, 0.15) is 6.10 Å². The second-order valence-electron chi connectivity index (χ2n) is 4.05. The minimum atomic E-state index is -0.797. The van der Waals surface area contributed by atoms with Crippen LogP contribution in [0.2, 0.25) is 0 Å². The molecule has 2 rings (SSSR count). The van der Waals surface area contributed by atoms with E-state index in [1.165, 1.54) is 24.1 Å². The molecule has 0 aliphatic carbocycles. The Bertz CT molecular complexity index is 690. The van der Waals surface area contributed by atoms with Crippen LogP contribution in [0.5, 0.6) is 11.5 Å². The Labute approximate surface area is 120 Å². The first-order valence-corrected chi connectivity index (χ1v) is 6.20. The quantitative estimate of drug-likeness (QED) is 0.588. The van der Waals surface area contributed by atoms with Crippen molar-refractivity contribution in [2.24, 2.45) is 5.10 Å². The Hall–Kier alpha value is -2.19. The van der Waals surface area contributed by atoms with Crippen molar-refractivity contribution in [2.75, 3.05) is 7.11 Å². The van der Waals surface area contributed by atoms with Crippen LogP contribution in [0.4, 0.5) is 0 Å². The van der Waals surface area contributed by atoms with Crippen LogP contribution in [0.1, 0.15) is 24.4 Å². The van der Waals surface area contributed by atoms with Crippen LogP contribution >= 0.6 is 12.2 Å². The first-order chi connectivity index (χ1) is 9.52. The van der Waals surface area contributed by atoms with Crippen LogP contribution in [-0.2, 0) is 0 Å². The van der Waals surface area contributed by atoms with E-state index in [1.54, 1.807) is 19.1 Å². The molecule has 3 N–H and O–H groups in total.